The second-order valence-electron chi connectivity index (χ2n) is 7.62. The largest absolute Gasteiger partial charge is 0.350 e. The summed E-state index contributed by atoms with van der Waals surface area (Å²) >= 11 is 0. The fraction of sp³-hybridized carbons (Fsp3) is 0.600. The van der Waals surface area contributed by atoms with Crippen molar-refractivity contribution in [1.29, 1.82) is 0 Å². The summed E-state index contributed by atoms with van der Waals surface area (Å²) in [5.74, 6) is 1.28. The molecule has 26 heavy (non-hydrogen) atoms. The van der Waals surface area contributed by atoms with E-state index in [1.807, 2.05) is 34.9 Å². The van der Waals surface area contributed by atoms with Crippen LogP contribution in [0.2, 0.25) is 0 Å². The Hall–Kier alpha value is -1.92. The van der Waals surface area contributed by atoms with Crippen molar-refractivity contribution in [3.8, 4) is 5.69 Å². The summed E-state index contributed by atoms with van der Waals surface area (Å²) in [5.41, 5.74) is 0.931. The number of piperidine rings is 1. The lowest BCUT2D eigenvalue weighted by Gasteiger charge is -2.22. The van der Waals surface area contributed by atoms with Gasteiger partial charge in [-0.2, -0.15) is 5.10 Å². The van der Waals surface area contributed by atoms with Crippen LogP contribution >= 0.6 is 0 Å². The quantitative estimate of drug-likeness (QED) is 0.891. The van der Waals surface area contributed by atoms with E-state index in [0.717, 1.165) is 43.9 Å². The molecule has 0 bridgehead atoms. The number of likely N-dealkylation sites (tertiary alicyclic amines) is 1. The topological polar surface area (TPSA) is 55.1 Å². The molecule has 0 spiro atoms. The van der Waals surface area contributed by atoms with Crippen LogP contribution in [-0.2, 0) is 6.54 Å². The van der Waals surface area contributed by atoms with Crippen molar-refractivity contribution >= 4 is 0 Å². The fourth-order valence-corrected chi connectivity index (χ4v) is 4.35. The molecule has 3 heterocycles. The van der Waals surface area contributed by atoms with Gasteiger partial charge in [-0.1, -0.05) is 18.2 Å². The van der Waals surface area contributed by atoms with E-state index in [2.05, 4.69) is 17.3 Å². The highest BCUT2D eigenvalue weighted by Gasteiger charge is 2.26. The van der Waals surface area contributed by atoms with Crippen molar-refractivity contribution in [3.05, 3.63) is 46.6 Å². The van der Waals surface area contributed by atoms with Gasteiger partial charge in [0.05, 0.1) is 5.69 Å². The molecule has 1 aromatic carbocycles. The smallest absolute Gasteiger partial charge is 0.317 e. The Labute approximate surface area is 154 Å². The van der Waals surface area contributed by atoms with E-state index >= 15 is 0 Å². The number of aromatic nitrogens is 3. The van der Waals surface area contributed by atoms with Gasteiger partial charge in [0.25, 0.3) is 0 Å². The molecule has 1 atom stereocenters. The van der Waals surface area contributed by atoms with Gasteiger partial charge < -0.3 is 10.2 Å². The van der Waals surface area contributed by atoms with Gasteiger partial charge in [0.2, 0.25) is 0 Å². The van der Waals surface area contributed by atoms with Crippen LogP contribution in [0.15, 0.2) is 35.1 Å². The number of aryl methyl sites for hydroxylation is 1. The monoisotopic (exact) mass is 355 g/mol. The van der Waals surface area contributed by atoms with E-state index in [1.165, 1.54) is 19.4 Å². The zero-order chi connectivity index (χ0) is 17.9. The maximum Gasteiger partial charge on any atom is 0.350 e. The lowest BCUT2D eigenvalue weighted by atomic mass is 9.97. The Morgan fingerprint density at radius 1 is 1.15 bits per heavy atom. The van der Waals surface area contributed by atoms with Crippen LogP contribution in [-0.4, -0.2) is 52.0 Å². The van der Waals surface area contributed by atoms with Gasteiger partial charge in [-0.3, -0.25) is 0 Å². The second-order valence-corrected chi connectivity index (χ2v) is 7.62. The average molecular weight is 355 g/mol. The molecule has 0 saturated carbocycles. The number of para-hydroxylation sites is 1. The van der Waals surface area contributed by atoms with Gasteiger partial charge in [-0.15, -0.1) is 0 Å². The molecule has 6 nitrogen and oxygen atoms in total. The Morgan fingerprint density at radius 3 is 2.62 bits per heavy atom. The summed E-state index contributed by atoms with van der Waals surface area (Å²) in [4.78, 5) is 15.6. The minimum atomic E-state index is 0.00498. The van der Waals surface area contributed by atoms with Gasteiger partial charge in [-0.05, 0) is 70.9 Å². The van der Waals surface area contributed by atoms with Crippen LogP contribution in [0.1, 0.15) is 43.8 Å². The molecule has 2 fully saturated rings. The highest BCUT2D eigenvalue weighted by Crippen LogP contribution is 2.25. The molecule has 1 N–H and O–H groups in total. The summed E-state index contributed by atoms with van der Waals surface area (Å²) in [6.07, 6.45) is 5.55. The molecule has 0 amide bonds. The zero-order valence-electron chi connectivity index (χ0n) is 15.6. The Kier molecular flexibility index (Phi) is 5.22. The van der Waals surface area contributed by atoms with E-state index < -0.39 is 0 Å². The maximum absolute atomic E-state index is 13.2. The number of hydrogen-bond donors (Lipinski definition) is 1. The molecule has 2 aliphatic heterocycles. The maximum atomic E-state index is 13.2. The van der Waals surface area contributed by atoms with Crippen molar-refractivity contribution in [2.24, 2.45) is 0 Å². The molecule has 1 unspecified atom stereocenters. The van der Waals surface area contributed by atoms with E-state index in [4.69, 9.17) is 5.10 Å². The molecule has 2 saturated heterocycles. The van der Waals surface area contributed by atoms with E-state index in [-0.39, 0.29) is 5.69 Å². The van der Waals surface area contributed by atoms with Gasteiger partial charge >= 0.3 is 5.69 Å². The Balaban J connectivity index is 1.64. The molecule has 0 aliphatic carbocycles. The predicted molar refractivity (Wildman–Crippen MR) is 103 cm³/mol. The van der Waals surface area contributed by atoms with E-state index in [9.17, 15) is 4.79 Å². The summed E-state index contributed by atoms with van der Waals surface area (Å²) in [6.45, 7) is 3.85. The van der Waals surface area contributed by atoms with E-state index in [0.29, 0.717) is 18.5 Å². The first-order valence-electron chi connectivity index (χ1n) is 9.90. The van der Waals surface area contributed by atoms with Crippen molar-refractivity contribution in [2.75, 3.05) is 26.7 Å². The van der Waals surface area contributed by atoms with Gasteiger partial charge in [0.1, 0.15) is 5.82 Å². The SMILES string of the molecule is CN1CCCC1CCn1nc(C2CCNCC2)n(-c2ccccc2)c1=O. The summed E-state index contributed by atoms with van der Waals surface area (Å²) < 4.78 is 3.55. The van der Waals surface area contributed by atoms with E-state index in [1.54, 1.807) is 4.68 Å². The van der Waals surface area contributed by atoms with Crippen molar-refractivity contribution < 1.29 is 0 Å². The molecule has 2 aliphatic rings. The van der Waals surface area contributed by atoms with Gasteiger partial charge in [-0.25, -0.2) is 14.0 Å². The summed E-state index contributed by atoms with van der Waals surface area (Å²) in [5, 5.41) is 8.22. The second kappa shape index (κ2) is 7.76. The number of rotatable bonds is 5. The van der Waals surface area contributed by atoms with Crippen LogP contribution < -0.4 is 11.0 Å². The van der Waals surface area contributed by atoms with Crippen molar-refractivity contribution in [3.63, 3.8) is 0 Å². The number of hydrogen-bond acceptors (Lipinski definition) is 4. The molecule has 140 valence electrons. The molecule has 0 radical (unpaired) electrons. The molecule has 4 rings (SSSR count). The summed E-state index contributed by atoms with van der Waals surface area (Å²) in [7, 11) is 2.18. The van der Waals surface area contributed by atoms with Crippen molar-refractivity contribution in [2.45, 2.75) is 50.6 Å². The van der Waals surface area contributed by atoms with Gasteiger partial charge in [0, 0.05) is 18.5 Å². The lowest BCUT2D eigenvalue weighted by molar-refractivity contribution is 0.281. The van der Waals surface area contributed by atoms with Crippen molar-refractivity contribution in [1.82, 2.24) is 24.6 Å². The normalized spacial score (nSPS) is 22.1. The lowest BCUT2D eigenvalue weighted by Crippen LogP contribution is -2.30. The third-order valence-electron chi connectivity index (χ3n) is 5.93. The molecule has 1 aromatic heterocycles. The van der Waals surface area contributed by atoms with Crippen LogP contribution in [0.5, 0.6) is 0 Å². The number of nitrogens with one attached hydrogen (secondary N) is 1. The third kappa shape index (κ3) is 3.48. The third-order valence-corrected chi connectivity index (χ3v) is 5.93. The molecular weight excluding hydrogens is 326 g/mol. The molecular formula is C20H29N5O. The van der Waals surface area contributed by atoms with Gasteiger partial charge in [0.15, 0.2) is 0 Å². The number of nitrogens with zero attached hydrogens (tertiary/aromatic N) is 4. The minimum absolute atomic E-state index is 0.00498. The van der Waals surface area contributed by atoms with Crippen LogP contribution in [0, 0.1) is 0 Å². The first kappa shape index (κ1) is 17.5. The van der Waals surface area contributed by atoms with Crippen LogP contribution in [0.25, 0.3) is 5.69 Å². The summed E-state index contributed by atoms with van der Waals surface area (Å²) in [6, 6.07) is 10.5. The molecule has 2 aromatic rings. The number of benzene rings is 1. The predicted octanol–water partition coefficient (Wildman–Crippen LogP) is 1.99. The first-order chi connectivity index (χ1) is 12.7. The minimum Gasteiger partial charge on any atom is -0.317 e. The fourth-order valence-electron chi connectivity index (χ4n) is 4.35. The zero-order valence-corrected chi connectivity index (χ0v) is 15.6. The van der Waals surface area contributed by atoms with Crippen LogP contribution in [0.3, 0.4) is 0 Å². The Bertz CT molecular complexity index is 775. The highest BCUT2D eigenvalue weighted by atomic mass is 16.2. The molecule has 6 heteroatoms. The Morgan fingerprint density at radius 2 is 1.92 bits per heavy atom. The standard InChI is InChI=1S/C20H29N5O/c1-23-14-5-8-17(23)11-15-24-20(26)25(18-6-3-2-4-7-18)19(22-24)16-9-12-21-13-10-16/h2-4,6-7,16-17,21H,5,8-15H2,1H3. The first-order valence-corrected chi connectivity index (χ1v) is 9.90. The van der Waals surface area contributed by atoms with Crippen LogP contribution in [0.4, 0.5) is 0 Å². The average Bonchev–Trinajstić information content (AvgIpc) is 3.24. The highest BCUT2D eigenvalue weighted by molar-refractivity contribution is 5.33.